The second-order valence-corrected chi connectivity index (χ2v) is 3.90. The molecule has 3 rings (SSSR count). The molecular weight excluding hydrogens is 269 g/mol. The van der Waals surface area contributed by atoms with Gasteiger partial charge in [0.05, 0.1) is 12.1 Å². The summed E-state index contributed by atoms with van der Waals surface area (Å²) in [4.78, 5) is 3.93. The summed E-state index contributed by atoms with van der Waals surface area (Å²) >= 11 is 0. The molecule has 3 aromatic rings. The van der Waals surface area contributed by atoms with Crippen LogP contribution < -0.4 is 5.73 Å². The van der Waals surface area contributed by atoms with Gasteiger partial charge in [-0.25, -0.2) is 14.1 Å². The molecule has 0 bridgehead atoms. The first-order valence-corrected chi connectivity index (χ1v) is 5.43. The first kappa shape index (κ1) is 13.2. The summed E-state index contributed by atoms with van der Waals surface area (Å²) < 4.78 is 15.2. The van der Waals surface area contributed by atoms with Crippen LogP contribution in [0.5, 0.6) is 0 Å². The summed E-state index contributed by atoms with van der Waals surface area (Å²) in [6, 6.07) is 8.33. The Morgan fingerprint density at radius 1 is 1.21 bits per heavy atom. The highest BCUT2D eigenvalue weighted by Crippen LogP contribution is 2.17. The van der Waals surface area contributed by atoms with Crippen molar-refractivity contribution in [3.8, 4) is 0 Å². The summed E-state index contributed by atoms with van der Waals surface area (Å²) in [6.07, 6.45) is 1.58. The fourth-order valence-electron chi connectivity index (χ4n) is 1.82. The number of hydrogen-bond acceptors (Lipinski definition) is 4. The number of benzene rings is 1. The molecule has 0 fully saturated rings. The Balaban J connectivity index is 0.00000133. The minimum atomic E-state index is -0.261. The number of hydrogen-bond donors (Lipinski definition) is 1. The number of rotatable bonds is 2. The molecule has 7 heteroatoms. The molecule has 0 aliphatic heterocycles. The molecule has 98 valence electrons. The van der Waals surface area contributed by atoms with Crippen LogP contribution in [-0.4, -0.2) is 20.0 Å². The van der Waals surface area contributed by atoms with Crippen molar-refractivity contribution in [2.24, 2.45) is 0 Å². The van der Waals surface area contributed by atoms with Gasteiger partial charge in [-0.15, -0.1) is 17.5 Å². The summed E-state index contributed by atoms with van der Waals surface area (Å²) in [5.74, 6) is 0.0652. The minimum absolute atomic E-state index is 0. The van der Waals surface area contributed by atoms with E-state index in [1.807, 2.05) is 0 Å². The van der Waals surface area contributed by atoms with Crippen LogP contribution in [-0.2, 0) is 6.54 Å². The van der Waals surface area contributed by atoms with Gasteiger partial charge in [-0.1, -0.05) is 23.4 Å². The zero-order valence-corrected chi connectivity index (χ0v) is 10.6. The van der Waals surface area contributed by atoms with E-state index in [9.17, 15) is 4.39 Å². The fourth-order valence-corrected chi connectivity index (χ4v) is 1.82. The van der Waals surface area contributed by atoms with Gasteiger partial charge in [-0.3, -0.25) is 0 Å². The van der Waals surface area contributed by atoms with E-state index in [0.29, 0.717) is 23.4 Å². The highest BCUT2D eigenvalue weighted by Gasteiger charge is 2.09. The molecular formula is C12H11ClFN5. The van der Waals surface area contributed by atoms with E-state index >= 15 is 0 Å². The van der Waals surface area contributed by atoms with Gasteiger partial charge in [-0.05, 0) is 12.1 Å². The number of nitrogens with zero attached hydrogens (tertiary/aromatic N) is 4. The second kappa shape index (κ2) is 5.19. The molecule has 0 unspecified atom stereocenters. The van der Waals surface area contributed by atoms with Crippen molar-refractivity contribution in [1.82, 2.24) is 20.0 Å². The van der Waals surface area contributed by atoms with Gasteiger partial charge in [0.2, 0.25) is 0 Å². The Morgan fingerprint density at radius 3 is 2.79 bits per heavy atom. The van der Waals surface area contributed by atoms with Gasteiger partial charge >= 0.3 is 0 Å². The van der Waals surface area contributed by atoms with Crippen LogP contribution in [0.1, 0.15) is 5.56 Å². The molecule has 2 aromatic heterocycles. The van der Waals surface area contributed by atoms with Crippen molar-refractivity contribution in [2.45, 2.75) is 6.54 Å². The highest BCUT2D eigenvalue weighted by molar-refractivity contribution is 5.85. The zero-order valence-electron chi connectivity index (χ0n) is 9.82. The van der Waals surface area contributed by atoms with Gasteiger partial charge < -0.3 is 5.73 Å². The van der Waals surface area contributed by atoms with Crippen LogP contribution in [0.3, 0.4) is 0 Å². The van der Waals surface area contributed by atoms with Crippen LogP contribution in [0.15, 0.2) is 36.5 Å². The number of nitrogens with two attached hydrogens (primary N) is 1. The molecule has 19 heavy (non-hydrogen) atoms. The lowest BCUT2D eigenvalue weighted by molar-refractivity contribution is 0.583. The lowest BCUT2D eigenvalue weighted by atomic mass is 10.2. The first-order valence-electron chi connectivity index (χ1n) is 5.43. The van der Waals surface area contributed by atoms with Crippen LogP contribution >= 0.6 is 12.4 Å². The normalized spacial score (nSPS) is 10.4. The molecule has 0 aliphatic rings. The third-order valence-corrected chi connectivity index (χ3v) is 2.74. The molecule has 2 heterocycles. The van der Waals surface area contributed by atoms with E-state index in [4.69, 9.17) is 5.73 Å². The minimum Gasteiger partial charge on any atom is -0.382 e. The number of anilines is 1. The summed E-state index contributed by atoms with van der Waals surface area (Å²) in [6.45, 7) is 0.312. The lowest BCUT2D eigenvalue weighted by Gasteiger charge is -2.03. The number of aromatic nitrogens is 4. The topological polar surface area (TPSA) is 69.6 Å². The first-order chi connectivity index (χ1) is 8.75. The Bertz CT molecular complexity index is 712. The monoisotopic (exact) mass is 279 g/mol. The Hall–Kier alpha value is -2.21. The summed E-state index contributed by atoms with van der Waals surface area (Å²) in [5, 5.41) is 7.92. The van der Waals surface area contributed by atoms with Crippen molar-refractivity contribution in [2.75, 3.05) is 5.73 Å². The Labute approximate surface area is 114 Å². The van der Waals surface area contributed by atoms with Gasteiger partial charge in [0.1, 0.15) is 5.82 Å². The van der Waals surface area contributed by atoms with E-state index in [0.717, 1.165) is 5.52 Å². The summed E-state index contributed by atoms with van der Waals surface area (Å²) in [5.41, 5.74) is 7.52. The maximum Gasteiger partial charge on any atom is 0.155 e. The molecule has 0 saturated heterocycles. The predicted octanol–water partition coefficient (Wildman–Crippen LogP) is 2.02. The number of halogens is 2. The van der Waals surface area contributed by atoms with E-state index in [1.165, 1.54) is 6.07 Å². The molecule has 0 radical (unpaired) electrons. The molecule has 5 nitrogen and oxygen atoms in total. The van der Waals surface area contributed by atoms with E-state index in [2.05, 4.69) is 15.3 Å². The smallest absolute Gasteiger partial charge is 0.155 e. The number of pyridine rings is 1. The van der Waals surface area contributed by atoms with Crippen LogP contribution in [0.2, 0.25) is 0 Å². The standard InChI is InChI=1S/C12H10FN5.ClH/c13-9-4-2-1-3-8(9)7-18-10-5-6-15-12(14)11(10)16-17-18;/h1-6H,7H2,(H2,14,15);1H. The molecule has 0 saturated carbocycles. The molecule has 0 spiro atoms. The lowest BCUT2D eigenvalue weighted by Crippen LogP contribution is -2.03. The molecule has 0 amide bonds. The SMILES string of the molecule is Cl.Nc1nccc2c1nnn2Cc1ccccc1F. The Kier molecular flexibility index (Phi) is 3.62. The maximum absolute atomic E-state index is 13.6. The molecule has 0 atom stereocenters. The summed E-state index contributed by atoms with van der Waals surface area (Å²) in [7, 11) is 0. The van der Waals surface area contributed by atoms with E-state index < -0.39 is 0 Å². The van der Waals surface area contributed by atoms with Crippen molar-refractivity contribution in [3.63, 3.8) is 0 Å². The van der Waals surface area contributed by atoms with Crippen molar-refractivity contribution in [1.29, 1.82) is 0 Å². The van der Waals surface area contributed by atoms with Gasteiger partial charge in [0, 0.05) is 11.8 Å². The Morgan fingerprint density at radius 2 is 2.00 bits per heavy atom. The van der Waals surface area contributed by atoms with Gasteiger partial charge in [0.15, 0.2) is 11.3 Å². The largest absolute Gasteiger partial charge is 0.382 e. The number of nitrogen functional groups attached to an aromatic ring is 1. The average molecular weight is 280 g/mol. The molecule has 2 N–H and O–H groups in total. The zero-order chi connectivity index (χ0) is 12.5. The second-order valence-electron chi connectivity index (χ2n) is 3.90. The van der Waals surface area contributed by atoms with Crippen molar-refractivity contribution < 1.29 is 4.39 Å². The fraction of sp³-hybridized carbons (Fsp3) is 0.0833. The van der Waals surface area contributed by atoms with Crippen molar-refractivity contribution in [3.05, 3.63) is 47.9 Å². The number of fused-ring (bicyclic) bond motifs is 1. The maximum atomic E-state index is 13.6. The van der Waals surface area contributed by atoms with Gasteiger partial charge in [0.25, 0.3) is 0 Å². The van der Waals surface area contributed by atoms with Crippen LogP contribution in [0.4, 0.5) is 10.2 Å². The quantitative estimate of drug-likeness (QED) is 0.779. The third-order valence-electron chi connectivity index (χ3n) is 2.74. The van der Waals surface area contributed by atoms with Crippen molar-refractivity contribution >= 4 is 29.3 Å². The van der Waals surface area contributed by atoms with Gasteiger partial charge in [-0.2, -0.15) is 0 Å². The van der Waals surface area contributed by atoms with E-state index in [-0.39, 0.29) is 18.2 Å². The molecule has 1 aromatic carbocycles. The highest BCUT2D eigenvalue weighted by atomic mass is 35.5. The third kappa shape index (κ3) is 2.34. The van der Waals surface area contributed by atoms with Crippen LogP contribution in [0, 0.1) is 5.82 Å². The van der Waals surface area contributed by atoms with Crippen LogP contribution in [0.25, 0.3) is 11.0 Å². The predicted molar refractivity (Wildman–Crippen MR) is 72.5 cm³/mol. The van der Waals surface area contributed by atoms with E-state index in [1.54, 1.807) is 35.1 Å². The molecule has 0 aliphatic carbocycles. The average Bonchev–Trinajstić information content (AvgIpc) is 2.77.